The number of hydrogen-bond acceptors (Lipinski definition) is 4. The third kappa shape index (κ3) is 3.51. The first-order valence-electron chi connectivity index (χ1n) is 4.97. The molecule has 84 valence electrons. The standard InChI is InChI=1S/C10H16N2O2S/c1-4-6(2)11-10-12-8(5-9(13)14)7(3)15-10/h6H,4-5H2,1-3H3,(H,11,12)(H,13,14). The number of anilines is 1. The highest BCUT2D eigenvalue weighted by molar-refractivity contribution is 7.15. The number of nitrogens with zero attached hydrogens (tertiary/aromatic N) is 1. The lowest BCUT2D eigenvalue weighted by Crippen LogP contribution is -2.13. The molecule has 5 heteroatoms. The zero-order valence-electron chi connectivity index (χ0n) is 9.20. The van der Waals surface area contributed by atoms with Gasteiger partial charge in [0.05, 0.1) is 12.1 Å². The summed E-state index contributed by atoms with van der Waals surface area (Å²) in [5, 5.41) is 12.7. The third-order valence-corrected chi connectivity index (χ3v) is 3.14. The van der Waals surface area contributed by atoms with Crippen LogP contribution in [0.15, 0.2) is 0 Å². The van der Waals surface area contributed by atoms with Crippen molar-refractivity contribution < 1.29 is 9.90 Å². The van der Waals surface area contributed by atoms with E-state index < -0.39 is 5.97 Å². The van der Waals surface area contributed by atoms with Crippen molar-refractivity contribution in [3.8, 4) is 0 Å². The number of carbonyl (C=O) groups is 1. The van der Waals surface area contributed by atoms with E-state index in [0.717, 1.165) is 16.4 Å². The molecule has 0 aromatic carbocycles. The summed E-state index contributed by atoms with van der Waals surface area (Å²) >= 11 is 1.51. The van der Waals surface area contributed by atoms with Crippen molar-refractivity contribution in [2.75, 3.05) is 5.32 Å². The van der Waals surface area contributed by atoms with E-state index in [9.17, 15) is 4.79 Å². The Balaban J connectivity index is 2.72. The van der Waals surface area contributed by atoms with Crippen LogP contribution in [0.2, 0.25) is 0 Å². The molecule has 1 heterocycles. The largest absolute Gasteiger partial charge is 0.481 e. The number of rotatable bonds is 5. The van der Waals surface area contributed by atoms with Gasteiger partial charge in [0.25, 0.3) is 0 Å². The van der Waals surface area contributed by atoms with Crippen molar-refractivity contribution >= 4 is 22.4 Å². The molecule has 4 nitrogen and oxygen atoms in total. The molecule has 1 unspecified atom stereocenters. The summed E-state index contributed by atoms with van der Waals surface area (Å²) < 4.78 is 0. The number of thiazole rings is 1. The van der Waals surface area contributed by atoms with Crippen LogP contribution in [0.5, 0.6) is 0 Å². The van der Waals surface area contributed by atoms with Crippen molar-refractivity contribution in [2.45, 2.75) is 39.7 Å². The molecule has 0 radical (unpaired) electrons. The van der Waals surface area contributed by atoms with Gasteiger partial charge >= 0.3 is 5.97 Å². The fourth-order valence-corrected chi connectivity index (χ4v) is 2.05. The first-order chi connectivity index (χ1) is 7.02. The number of hydrogen-bond donors (Lipinski definition) is 2. The second-order valence-corrected chi connectivity index (χ2v) is 4.75. The maximum Gasteiger partial charge on any atom is 0.309 e. The molecule has 0 spiro atoms. The Morgan fingerprint density at radius 3 is 2.87 bits per heavy atom. The molecule has 1 atom stereocenters. The molecule has 0 fully saturated rings. The minimum absolute atomic E-state index is 0.00448. The van der Waals surface area contributed by atoms with Crippen molar-refractivity contribution in [3.63, 3.8) is 0 Å². The van der Waals surface area contributed by atoms with Gasteiger partial charge in [0.2, 0.25) is 0 Å². The molecular formula is C10H16N2O2S. The topological polar surface area (TPSA) is 62.2 Å². The number of carboxylic acid groups (broad SMARTS) is 1. The molecule has 0 aliphatic carbocycles. The zero-order valence-corrected chi connectivity index (χ0v) is 10.0. The molecule has 1 aromatic heterocycles. The van der Waals surface area contributed by atoms with E-state index in [1.165, 1.54) is 11.3 Å². The van der Waals surface area contributed by atoms with Gasteiger partial charge in [0.1, 0.15) is 0 Å². The summed E-state index contributed by atoms with van der Waals surface area (Å²) in [6, 6.07) is 0.369. The van der Waals surface area contributed by atoms with E-state index in [1.807, 2.05) is 6.92 Å². The van der Waals surface area contributed by atoms with Gasteiger partial charge in [-0.15, -0.1) is 11.3 Å². The highest BCUT2D eigenvalue weighted by atomic mass is 32.1. The van der Waals surface area contributed by atoms with Gasteiger partial charge in [-0.25, -0.2) is 4.98 Å². The lowest BCUT2D eigenvalue weighted by Gasteiger charge is -2.08. The van der Waals surface area contributed by atoms with Gasteiger partial charge < -0.3 is 10.4 Å². The summed E-state index contributed by atoms with van der Waals surface area (Å²) in [4.78, 5) is 15.8. The zero-order chi connectivity index (χ0) is 11.4. The third-order valence-electron chi connectivity index (χ3n) is 2.19. The van der Waals surface area contributed by atoms with Crippen LogP contribution in [0.25, 0.3) is 0 Å². The highest BCUT2D eigenvalue weighted by Gasteiger charge is 2.11. The number of aliphatic carboxylic acids is 1. The first-order valence-corrected chi connectivity index (χ1v) is 5.79. The van der Waals surface area contributed by atoms with Crippen LogP contribution in [0.3, 0.4) is 0 Å². The summed E-state index contributed by atoms with van der Waals surface area (Å²) in [7, 11) is 0. The average molecular weight is 228 g/mol. The second kappa shape index (κ2) is 5.11. The minimum Gasteiger partial charge on any atom is -0.481 e. The van der Waals surface area contributed by atoms with Gasteiger partial charge in [-0.3, -0.25) is 4.79 Å². The van der Waals surface area contributed by atoms with Gasteiger partial charge in [-0.05, 0) is 20.3 Å². The van der Waals surface area contributed by atoms with Crippen molar-refractivity contribution in [1.82, 2.24) is 4.98 Å². The predicted octanol–water partition coefficient (Wildman–Crippen LogP) is 2.29. The summed E-state index contributed by atoms with van der Waals surface area (Å²) in [6.45, 7) is 6.07. The number of aryl methyl sites for hydroxylation is 1. The van der Waals surface area contributed by atoms with Crippen LogP contribution in [0.1, 0.15) is 30.8 Å². The first kappa shape index (κ1) is 12.0. The summed E-state index contributed by atoms with van der Waals surface area (Å²) in [5.74, 6) is -0.835. The maximum atomic E-state index is 10.6. The van der Waals surface area contributed by atoms with Gasteiger partial charge in [-0.2, -0.15) is 0 Å². The molecule has 15 heavy (non-hydrogen) atoms. The van der Waals surface area contributed by atoms with E-state index in [2.05, 4.69) is 24.1 Å². The second-order valence-electron chi connectivity index (χ2n) is 3.55. The lowest BCUT2D eigenvalue weighted by atomic mass is 10.3. The molecule has 0 saturated heterocycles. The molecule has 1 aromatic rings. The van der Waals surface area contributed by atoms with E-state index in [0.29, 0.717) is 11.7 Å². The molecular weight excluding hydrogens is 212 g/mol. The van der Waals surface area contributed by atoms with Crippen LogP contribution >= 0.6 is 11.3 Å². The minimum atomic E-state index is -0.835. The fourth-order valence-electron chi connectivity index (χ4n) is 1.11. The molecule has 1 rings (SSSR count). The van der Waals surface area contributed by atoms with Crippen molar-refractivity contribution in [3.05, 3.63) is 10.6 Å². The van der Waals surface area contributed by atoms with Crippen molar-refractivity contribution in [2.24, 2.45) is 0 Å². The maximum absolute atomic E-state index is 10.6. The molecule has 0 bridgehead atoms. The molecule has 2 N–H and O–H groups in total. The number of nitrogens with one attached hydrogen (secondary N) is 1. The van der Waals surface area contributed by atoms with Crippen molar-refractivity contribution in [1.29, 1.82) is 0 Å². The molecule has 0 aliphatic rings. The summed E-state index contributed by atoms with van der Waals surface area (Å²) in [6.07, 6.45) is 1.03. The molecule has 0 aliphatic heterocycles. The van der Waals surface area contributed by atoms with Crippen LogP contribution in [0, 0.1) is 6.92 Å². The quantitative estimate of drug-likeness (QED) is 0.811. The Morgan fingerprint density at radius 1 is 1.67 bits per heavy atom. The Hall–Kier alpha value is -1.10. The normalized spacial score (nSPS) is 12.5. The lowest BCUT2D eigenvalue weighted by molar-refractivity contribution is -0.136. The van der Waals surface area contributed by atoms with Crippen LogP contribution in [0.4, 0.5) is 5.13 Å². The Labute approximate surface area is 93.4 Å². The monoisotopic (exact) mass is 228 g/mol. The average Bonchev–Trinajstić information content (AvgIpc) is 2.45. The number of carboxylic acids is 1. The highest BCUT2D eigenvalue weighted by Crippen LogP contribution is 2.23. The van der Waals surface area contributed by atoms with E-state index >= 15 is 0 Å². The smallest absolute Gasteiger partial charge is 0.309 e. The van der Waals surface area contributed by atoms with Gasteiger partial charge in [0, 0.05) is 10.9 Å². The summed E-state index contributed by atoms with van der Waals surface area (Å²) in [5.41, 5.74) is 0.665. The molecule has 0 saturated carbocycles. The van der Waals surface area contributed by atoms with Crippen LogP contribution in [-0.2, 0) is 11.2 Å². The predicted molar refractivity (Wildman–Crippen MR) is 61.6 cm³/mol. The Kier molecular flexibility index (Phi) is 4.08. The van der Waals surface area contributed by atoms with E-state index in [4.69, 9.17) is 5.11 Å². The number of aromatic nitrogens is 1. The fraction of sp³-hybridized carbons (Fsp3) is 0.600. The SMILES string of the molecule is CCC(C)Nc1nc(CC(=O)O)c(C)s1. The Morgan fingerprint density at radius 2 is 2.33 bits per heavy atom. The van der Waals surface area contributed by atoms with Gasteiger partial charge in [-0.1, -0.05) is 6.92 Å². The van der Waals surface area contributed by atoms with Crippen LogP contribution in [-0.4, -0.2) is 22.1 Å². The molecule has 0 amide bonds. The van der Waals surface area contributed by atoms with Crippen LogP contribution < -0.4 is 5.32 Å². The van der Waals surface area contributed by atoms with E-state index in [-0.39, 0.29) is 6.42 Å². The van der Waals surface area contributed by atoms with Gasteiger partial charge in [0.15, 0.2) is 5.13 Å². The Bertz CT molecular complexity index is 349. The van der Waals surface area contributed by atoms with E-state index in [1.54, 1.807) is 0 Å².